The fourth-order valence-electron chi connectivity index (χ4n) is 2.29. The average Bonchev–Trinajstić information content (AvgIpc) is 3.13. The molecule has 1 aromatic heterocycles. The van der Waals surface area contributed by atoms with Gasteiger partial charge in [-0.2, -0.15) is 0 Å². The van der Waals surface area contributed by atoms with Crippen molar-refractivity contribution in [3.8, 4) is 11.5 Å². The van der Waals surface area contributed by atoms with E-state index in [1.54, 1.807) is 11.3 Å². The van der Waals surface area contributed by atoms with Crippen molar-refractivity contribution in [3.63, 3.8) is 0 Å². The Morgan fingerprint density at radius 3 is 3.20 bits per heavy atom. The quantitative estimate of drug-likeness (QED) is 0.797. The molecule has 100 valence electrons. The Labute approximate surface area is 120 Å². The van der Waals surface area contributed by atoms with Crippen LogP contribution in [0.5, 0.6) is 11.5 Å². The first-order valence-electron chi connectivity index (χ1n) is 6.35. The molecule has 0 saturated carbocycles. The van der Waals surface area contributed by atoms with E-state index in [0.29, 0.717) is 13.3 Å². The molecule has 0 radical (unpaired) electrons. The van der Waals surface area contributed by atoms with Crippen LogP contribution in [0.1, 0.15) is 5.56 Å². The Hall–Kier alpha value is -2.27. The van der Waals surface area contributed by atoms with Gasteiger partial charge in [-0.1, -0.05) is 12.1 Å². The largest absolute Gasteiger partial charge is 0.454 e. The van der Waals surface area contributed by atoms with Gasteiger partial charge in [0.25, 0.3) is 0 Å². The number of aromatic nitrogens is 1. The molecule has 0 unspecified atom stereocenters. The third-order valence-corrected chi connectivity index (χ3v) is 4.08. The second kappa shape index (κ2) is 4.68. The lowest BCUT2D eigenvalue weighted by Gasteiger charge is -2.08. The molecule has 5 heteroatoms. The molecular weight excluding hydrogens is 272 g/mol. The molecule has 1 aliphatic rings. The van der Waals surface area contributed by atoms with Gasteiger partial charge in [-0.15, -0.1) is 11.3 Å². The van der Waals surface area contributed by atoms with Gasteiger partial charge in [0.1, 0.15) is 0 Å². The molecule has 1 N–H and O–H groups in total. The second-order valence-corrected chi connectivity index (χ2v) is 5.43. The maximum Gasteiger partial charge on any atom is 0.231 e. The van der Waals surface area contributed by atoms with Gasteiger partial charge in [-0.25, -0.2) is 4.98 Å². The molecular formula is C15H12N2O2S. The van der Waals surface area contributed by atoms with Crippen molar-refractivity contribution in [3.05, 3.63) is 47.5 Å². The number of hydrogen-bond donors (Lipinski definition) is 1. The summed E-state index contributed by atoms with van der Waals surface area (Å²) in [6.45, 7) is 1.01. The van der Waals surface area contributed by atoms with E-state index < -0.39 is 0 Å². The summed E-state index contributed by atoms with van der Waals surface area (Å²) in [7, 11) is 0. The normalized spacial score (nSPS) is 12.8. The zero-order valence-electron chi connectivity index (χ0n) is 10.6. The average molecular weight is 284 g/mol. The molecule has 20 heavy (non-hydrogen) atoms. The summed E-state index contributed by atoms with van der Waals surface area (Å²) < 4.78 is 12.1. The number of nitrogens with one attached hydrogen (secondary N) is 1. The molecule has 4 nitrogen and oxygen atoms in total. The van der Waals surface area contributed by atoms with Crippen molar-refractivity contribution >= 4 is 27.2 Å². The SMILES string of the molecule is c1cc(CNc2ccc3ncsc3c2)c2c(c1)OCO2. The minimum absolute atomic E-state index is 0.305. The van der Waals surface area contributed by atoms with Crippen molar-refractivity contribution in [2.45, 2.75) is 6.54 Å². The molecule has 2 heterocycles. The number of thiazole rings is 1. The lowest BCUT2D eigenvalue weighted by atomic mass is 10.2. The highest BCUT2D eigenvalue weighted by molar-refractivity contribution is 7.16. The first-order valence-corrected chi connectivity index (χ1v) is 7.23. The first kappa shape index (κ1) is 11.5. The number of hydrogen-bond acceptors (Lipinski definition) is 5. The van der Waals surface area contributed by atoms with Crippen molar-refractivity contribution in [1.29, 1.82) is 0 Å². The van der Waals surface area contributed by atoms with Crippen LogP contribution in [0, 0.1) is 0 Å². The minimum atomic E-state index is 0.305. The van der Waals surface area contributed by atoms with E-state index in [1.165, 1.54) is 4.70 Å². The Morgan fingerprint density at radius 2 is 2.20 bits per heavy atom. The van der Waals surface area contributed by atoms with Crippen LogP contribution in [0.2, 0.25) is 0 Å². The van der Waals surface area contributed by atoms with Crippen LogP contribution in [0.3, 0.4) is 0 Å². The number of rotatable bonds is 3. The molecule has 2 aromatic carbocycles. The lowest BCUT2D eigenvalue weighted by Crippen LogP contribution is -2.01. The molecule has 0 atom stereocenters. The smallest absolute Gasteiger partial charge is 0.231 e. The Balaban J connectivity index is 1.57. The van der Waals surface area contributed by atoms with Gasteiger partial charge in [-0.3, -0.25) is 0 Å². The predicted molar refractivity (Wildman–Crippen MR) is 79.5 cm³/mol. The fourth-order valence-corrected chi connectivity index (χ4v) is 3.01. The van der Waals surface area contributed by atoms with Crippen LogP contribution in [-0.2, 0) is 6.54 Å². The Kier molecular flexibility index (Phi) is 2.70. The van der Waals surface area contributed by atoms with Crippen LogP contribution in [0.15, 0.2) is 41.9 Å². The zero-order valence-corrected chi connectivity index (χ0v) is 11.4. The van der Waals surface area contributed by atoms with E-state index in [0.717, 1.165) is 28.3 Å². The van der Waals surface area contributed by atoms with Crippen molar-refractivity contribution in [2.75, 3.05) is 12.1 Å². The summed E-state index contributed by atoms with van der Waals surface area (Å²) >= 11 is 1.65. The maximum absolute atomic E-state index is 5.51. The fraction of sp³-hybridized carbons (Fsp3) is 0.133. The zero-order chi connectivity index (χ0) is 13.4. The van der Waals surface area contributed by atoms with Gasteiger partial charge in [0.2, 0.25) is 6.79 Å². The third-order valence-electron chi connectivity index (χ3n) is 3.29. The number of nitrogens with zero attached hydrogens (tertiary/aromatic N) is 1. The van der Waals surface area contributed by atoms with Crippen LogP contribution in [-0.4, -0.2) is 11.8 Å². The Bertz CT molecular complexity index is 769. The molecule has 0 saturated heterocycles. The summed E-state index contributed by atoms with van der Waals surface area (Å²) in [6.07, 6.45) is 0. The van der Waals surface area contributed by atoms with E-state index in [-0.39, 0.29) is 0 Å². The highest BCUT2D eigenvalue weighted by Gasteiger charge is 2.16. The number of anilines is 1. The summed E-state index contributed by atoms with van der Waals surface area (Å²) in [5.41, 5.74) is 5.09. The molecule has 1 aliphatic heterocycles. The van der Waals surface area contributed by atoms with Gasteiger partial charge >= 0.3 is 0 Å². The molecule has 0 fully saturated rings. The monoisotopic (exact) mass is 284 g/mol. The highest BCUT2D eigenvalue weighted by atomic mass is 32.1. The Morgan fingerprint density at radius 1 is 1.20 bits per heavy atom. The van der Waals surface area contributed by atoms with Crippen molar-refractivity contribution < 1.29 is 9.47 Å². The minimum Gasteiger partial charge on any atom is -0.454 e. The van der Waals surface area contributed by atoms with Crippen LogP contribution in [0.4, 0.5) is 5.69 Å². The molecule has 0 aliphatic carbocycles. The number of fused-ring (bicyclic) bond motifs is 2. The summed E-state index contributed by atoms with van der Waals surface area (Å²) in [5, 5.41) is 3.42. The van der Waals surface area contributed by atoms with Crippen LogP contribution >= 0.6 is 11.3 Å². The number of benzene rings is 2. The molecule has 4 rings (SSSR count). The van der Waals surface area contributed by atoms with Crippen LogP contribution in [0.25, 0.3) is 10.2 Å². The van der Waals surface area contributed by atoms with E-state index >= 15 is 0 Å². The summed E-state index contributed by atoms with van der Waals surface area (Å²) in [4.78, 5) is 4.28. The number of para-hydroxylation sites is 1. The van der Waals surface area contributed by atoms with E-state index in [4.69, 9.17) is 9.47 Å². The highest BCUT2D eigenvalue weighted by Crippen LogP contribution is 2.35. The number of ether oxygens (including phenoxy) is 2. The van der Waals surface area contributed by atoms with Gasteiger partial charge in [0, 0.05) is 17.8 Å². The molecule has 3 aromatic rings. The summed E-state index contributed by atoms with van der Waals surface area (Å²) in [6, 6.07) is 12.1. The van der Waals surface area contributed by atoms with E-state index in [1.807, 2.05) is 35.8 Å². The standard InChI is InChI=1S/C15H12N2O2S/c1-2-10(15-13(3-1)18-9-19-15)7-16-11-4-5-12-14(6-11)20-8-17-12/h1-6,8,16H,7,9H2. The molecule has 0 bridgehead atoms. The van der Waals surface area contributed by atoms with Gasteiger partial charge in [-0.05, 0) is 24.3 Å². The summed E-state index contributed by atoms with van der Waals surface area (Å²) in [5.74, 6) is 1.67. The lowest BCUT2D eigenvalue weighted by molar-refractivity contribution is 0.173. The van der Waals surface area contributed by atoms with Gasteiger partial charge < -0.3 is 14.8 Å². The van der Waals surface area contributed by atoms with Crippen molar-refractivity contribution in [2.24, 2.45) is 0 Å². The van der Waals surface area contributed by atoms with E-state index in [9.17, 15) is 0 Å². The van der Waals surface area contributed by atoms with Gasteiger partial charge in [0.05, 0.1) is 15.7 Å². The van der Waals surface area contributed by atoms with Crippen LogP contribution < -0.4 is 14.8 Å². The second-order valence-electron chi connectivity index (χ2n) is 4.54. The van der Waals surface area contributed by atoms with Gasteiger partial charge in [0.15, 0.2) is 11.5 Å². The first-order chi connectivity index (χ1) is 9.90. The molecule has 0 amide bonds. The topological polar surface area (TPSA) is 43.4 Å². The van der Waals surface area contributed by atoms with E-state index in [2.05, 4.69) is 16.4 Å². The third kappa shape index (κ3) is 1.96. The molecule has 0 spiro atoms. The maximum atomic E-state index is 5.51. The predicted octanol–water partition coefficient (Wildman–Crippen LogP) is 3.64. The van der Waals surface area contributed by atoms with Crippen molar-refractivity contribution in [1.82, 2.24) is 4.98 Å².